The molecule has 0 aliphatic carbocycles. The van der Waals surface area contributed by atoms with Crippen LogP contribution in [0.1, 0.15) is 28.9 Å². The van der Waals surface area contributed by atoms with E-state index in [1.165, 1.54) is 12.0 Å². The summed E-state index contributed by atoms with van der Waals surface area (Å²) in [5.74, 6) is 2.26. The lowest BCUT2D eigenvalue weighted by Gasteiger charge is -2.27. The lowest BCUT2D eigenvalue weighted by Crippen LogP contribution is -2.38. The van der Waals surface area contributed by atoms with E-state index in [0.717, 1.165) is 5.56 Å². The third-order valence-corrected chi connectivity index (χ3v) is 3.31. The molecule has 1 aliphatic heterocycles. The van der Waals surface area contributed by atoms with Crippen LogP contribution < -0.4 is 5.73 Å². The Morgan fingerprint density at radius 1 is 1.48 bits per heavy atom. The first-order valence-corrected chi connectivity index (χ1v) is 6.30. The summed E-state index contributed by atoms with van der Waals surface area (Å²) in [6, 6.07) is 5.21. The number of carbonyl (C=O) groups is 2. The zero-order valence-corrected chi connectivity index (χ0v) is 11.7. The molecule has 0 spiro atoms. The number of benzene rings is 1. The quantitative estimate of drug-likeness (QED) is 0.670. The molecule has 0 saturated carbocycles. The number of nitrogens with zero attached hydrogens (tertiary/aromatic N) is 2. The Bertz CT molecular complexity index is 643. The Morgan fingerprint density at radius 3 is 2.62 bits per heavy atom. The van der Waals surface area contributed by atoms with Crippen molar-refractivity contribution in [2.24, 2.45) is 10.7 Å². The van der Waals surface area contributed by atoms with Crippen LogP contribution in [0.15, 0.2) is 29.3 Å². The smallest absolute Gasteiger partial charge is 0.347 e. The van der Waals surface area contributed by atoms with Crippen LogP contribution in [-0.4, -0.2) is 35.9 Å². The Hall–Kier alpha value is -2.81. The highest BCUT2D eigenvalue weighted by Gasteiger charge is 2.37. The van der Waals surface area contributed by atoms with Gasteiger partial charge in [-0.2, -0.15) is 4.99 Å². The maximum atomic E-state index is 11.9. The van der Waals surface area contributed by atoms with Gasteiger partial charge in [-0.05, 0) is 24.6 Å². The molecule has 1 aromatic rings. The standard InChI is InChI=1S/C15H15N3O3/c1-4-9(2)18-12(13(16)17-15(18)20)10-5-7-11(8-6-10)14(19)21-3/h1,5-9,12H,2-3H3,(H2,16,17,20). The molecule has 21 heavy (non-hydrogen) atoms. The van der Waals surface area contributed by atoms with E-state index in [0.29, 0.717) is 5.56 Å². The van der Waals surface area contributed by atoms with Gasteiger partial charge in [-0.15, -0.1) is 6.42 Å². The van der Waals surface area contributed by atoms with Crippen LogP contribution in [-0.2, 0) is 4.74 Å². The summed E-state index contributed by atoms with van der Waals surface area (Å²) >= 11 is 0. The van der Waals surface area contributed by atoms with Gasteiger partial charge in [0.1, 0.15) is 11.9 Å². The normalized spacial score (nSPS) is 18.9. The van der Waals surface area contributed by atoms with E-state index in [-0.39, 0.29) is 5.84 Å². The van der Waals surface area contributed by atoms with Crippen LogP contribution in [0.5, 0.6) is 0 Å². The minimum atomic E-state index is -0.518. The number of amides is 2. The Morgan fingerprint density at radius 2 is 2.10 bits per heavy atom. The summed E-state index contributed by atoms with van der Waals surface area (Å²) in [4.78, 5) is 28.5. The van der Waals surface area contributed by atoms with E-state index in [9.17, 15) is 9.59 Å². The van der Waals surface area contributed by atoms with Crippen LogP contribution in [0, 0.1) is 12.3 Å². The highest BCUT2D eigenvalue weighted by atomic mass is 16.5. The van der Waals surface area contributed by atoms with Crippen molar-refractivity contribution in [3.05, 3.63) is 35.4 Å². The number of methoxy groups -OCH3 is 1. The van der Waals surface area contributed by atoms with Crippen molar-refractivity contribution in [3.8, 4) is 12.3 Å². The van der Waals surface area contributed by atoms with Gasteiger partial charge in [0.2, 0.25) is 0 Å². The number of amidine groups is 1. The summed E-state index contributed by atoms with van der Waals surface area (Å²) in [6.45, 7) is 1.72. The molecule has 2 unspecified atom stereocenters. The van der Waals surface area contributed by atoms with Crippen LogP contribution in [0.4, 0.5) is 4.79 Å². The summed E-state index contributed by atoms with van der Waals surface area (Å²) in [7, 11) is 1.31. The van der Waals surface area contributed by atoms with Gasteiger partial charge >= 0.3 is 12.0 Å². The first-order chi connectivity index (χ1) is 9.99. The summed E-state index contributed by atoms with van der Waals surface area (Å²) in [5, 5.41) is 0. The molecule has 0 aromatic heterocycles. The SMILES string of the molecule is C#CC(C)N1C(=O)N=C(N)C1c1ccc(C(=O)OC)cc1. The first-order valence-electron chi connectivity index (χ1n) is 6.30. The van der Waals surface area contributed by atoms with E-state index < -0.39 is 24.1 Å². The molecule has 6 nitrogen and oxygen atoms in total. The number of rotatable bonds is 3. The van der Waals surface area contributed by atoms with Gasteiger partial charge < -0.3 is 10.5 Å². The molecule has 0 fully saturated rings. The molecule has 6 heteroatoms. The highest BCUT2D eigenvalue weighted by molar-refractivity contribution is 6.03. The van der Waals surface area contributed by atoms with Crippen LogP contribution in [0.25, 0.3) is 0 Å². The number of aliphatic imine (C=N–C) groups is 1. The number of nitrogens with two attached hydrogens (primary N) is 1. The van der Waals surface area contributed by atoms with Crippen LogP contribution >= 0.6 is 0 Å². The fourth-order valence-electron chi connectivity index (χ4n) is 2.20. The lowest BCUT2D eigenvalue weighted by atomic mass is 10.0. The molecule has 0 bridgehead atoms. The molecule has 2 atom stereocenters. The molecular formula is C15H15N3O3. The summed E-state index contributed by atoms with van der Waals surface area (Å²) < 4.78 is 4.64. The van der Waals surface area contributed by atoms with Gasteiger partial charge in [-0.3, -0.25) is 4.90 Å². The highest BCUT2D eigenvalue weighted by Crippen LogP contribution is 2.29. The van der Waals surface area contributed by atoms with Crippen molar-refractivity contribution < 1.29 is 14.3 Å². The number of esters is 1. The van der Waals surface area contributed by atoms with Gasteiger partial charge in [0.25, 0.3) is 0 Å². The molecular weight excluding hydrogens is 270 g/mol. The number of carbonyl (C=O) groups excluding carboxylic acids is 2. The Kier molecular flexibility index (Phi) is 3.94. The van der Waals surface area contributed by atoms with Gasteiger partial charge in [0.15, 0.2) is 0 Å². The van der Waals surface area contributed by atoms with Crippen molar-refractivity contribution in [2.45, 2.75) is 19.0 Å². The second kappa shape index (κ2) is 5.67. The van der Waals surface area contributed by atoms with Crippen molar-refractivity contribution in [2.75, 3.05) is 7.11 Å². The first kappa shape index (κ1) is 14.6. The second-order valence-electron chi connectivity index (χ2n) is 4.59. The number of hydrogen-bond acceptors (Lipinski definition) is 4. The molecule has 0 radical (unpaired) electrons. The topological polar surface area (TPSA) is 85.0 Å². The molecule has 2 N–H and O–H groups in total. The Balaban J connectivity index is 2.35. The number of ether oxygens (including phenoxy) is 1. The van der Waals surface area contributed by atoms with E-state index in [1.807, 2.05) is 0 Å². The fraction of sp³-hybridized carbons (Fsp3) is 0.267. The van der Waals surface area contributed by atoms with E-state index in [4.69, 9.17) is 12.2 Å². The second-order valence-corrected chi connectivity index (χ2v) is 4.59. The van der Waals surface area contributed by atoms with Crippen molar-refractivity contribution in [1.82, 2.24) is 4.90 Å². The monoisotopic (exact) mass is 285 g/mol. The van der Waals surface area contributed by atoms with Gasteiger partial charge in [0.05, 0.1) is 18.7 Å². The Labute approximate surface area is 122 Å². The zero-order valence-electron chi connectivity index (χ0n) is 11.7. The average molecular weight is 285 g/mol. The lowest BCUT2D eigenvalue weighted by molar-refractivity contribution is 0.0600. The fourth-order valence-corrected chi connectivity index (χ4v) is 2.20. The minimum absolute atomic E-state index is 0.188. The summed E-state index contributed by atoms with van der Waals surface area (Å²) in [5.41, 5.74) is 6.98. The molecule has 0 saturated heterocycles. The van der Waals surface area contributed by atoms with Crippen LogP contribution in [0.2, 0.25) is 0 Å². The maximum Gasteiger partial charge on any atom is 0.347 e. The summed E-state index contributed by atoms with van der Waals surface area (Å²) in [6.07, 6.45) is 5.38. The molecule has 2 amide bonds. The molecule has 1 heterocycles. The van der Waals surface area contributed by atoms with Crippen molar-refractivity contribution in [1.29, 1.82) is 0 Å². The van der Waals surface area contributed by atoms with E-state index in [2.05, 4.69) is 15.6 Å². The average Bonchev–Trinajstić information content (AvgIpc) is 2.80. The van der Waals surface area contributed by atoms with Crippen molar-refractivity contribution in [3.63, 3.8) is 0 Å². The third-order valence-electron chi connectivity index (χ3n) is 3.31. The third kappa shape index (κ3) is 2.58. The van der Waals surface area contributed by atoms with Gasteiger partial charge in [-0.1, -0.05) is 18.1 Å². The number of terminal acetylenes is 1. The molecule has 108 valence electrons. The van der Waals surface area contributed by atoms with Crippen LogP contribution in [0.3, 0.4) is 0 Å². The largest absolute Gasteiger partial charge is 0.465 e. The van der Waals surface area contributed by atoms with E-state index in [1.54, 1.807) is 31.2 Å². The molecule has 1 aliphatic rings. The molecule has 1 aromatic carbocycles. The number of urea groups is 1. The predicted molar refractivity (Wildman–Crippen MR) is 77.7 cm³/mol. The zero-order chi connectivity index (χ0) is 15.6. The van der Waals surface area contributed by atoms with E-state index >= 15 is 0 Å². The van der Waals surface area contributed by atoms with Gasteiger partial charge in [0, 0.05) is 0 Å². The van der Waals surface area contributed by atoms with Gasteiger partial charge in [-0.25, -0.2) is 9.59 Å². The minimum Gasteiger partial charge on any atom is -0.465 e. The predicted octanol–water partition coefficient (Wildman–Crippen LogP) is 1.33. The van der Waals surface area contributed by atoms with Crippen molar-refractivity contribution >= 4 is 17.8 Å². The number of hydrogen-bond donors (Lipinski definition) is 1. The maximum absolute atomic E-state index is 11.9. The molecule has 2 rings (SSSR count).